The lowest BCUT2D eigenvalue weighted by molar-refractivity contribution is -0.118. The van der Waals surface area contributed by atoms with E-state index in [0.29, 0.717) is 18.2 Å². The van der Waals surface area contributed by atoms with Crippen LogP contribution < -0.4 is 5.32 Å². The van der Waals surface area contributed by atoms with Gasteiger partial charge >= 0.3 is 0 Å². The van der Waals surface area contributed by atoms with Gasteiger partial charge in [0.15, 0.2) is 11.0 Å². The Labute approximate surface area is 179 Å². The van der Waals surface area contributed by atoms with Gasteiger partial charge in [-0.2, -0.15) is 0 Å². The number of amides is 1. The lowest BCUT2D eigenvalue weighted by Gasteiger charge is -2.11. The highest BCUT2D eigenvalue weighted by molar-refractivity contribution is 7.99. The summed E-state index contributed by atoms with van der Waals surface area (Å²) in [5.74, 6) is 1.69. The Kier molecular flexibility index (Phi) is 6.29. The van der Waals surface area contributed by atoms with Crippen LogP contribution in [0.25, 0.3) is 11.4 Å². The van der Waals surface area contributed by atoms with Crippen LogP contribution in [0, 0.1) is 6.92 Å². The normalized spacial score (nSPS) is 10.8. The van der Waals surface area contributed by atoms with E-state index in [9.17, 15) is 4.79 Å². The van der Waals surface area contributed by atoms with Crippen molar-refractivity contribution in [2.45, 2.75) is 25.2 Å². The lowest BCUT2D eigenvalue weighted by atomic mass is 10.1. The molecule has 6 nitrogen and oxygen atoms in total. The van der Waals surface area contributed by atoms with Gasteiger partial charge in [0, 0.05) is 5.56 Å². The average Bonchev–Trinajstić information content (AvgIpc) is 3.42. The molecule has 30 heavy (non-hydrogen) atoms. The number of hydrogen-bond acceptors (Lipinski definition) is 5. The molecular weight excluding hydrogens is 396 g/mol. The van der Waals surface area contributed by atoms with Gasteiger partial charge in [0.25, 0.3) is 0 Å². The zero-order chi connectivity index (χ0) is 20.8. The van der Waals surface area contributed by atoms with Gasteiger partial charge in [-0.1, -0.05) is 65.9 Å². The van der Waals surface area contributed by atoms with E-state index in [1.165, 1.54) is 11.8 Å². The van der Waals surface area contributed by atoms with Gasteiger partial charge in [-0.15, -0.1) is 10.2 Å². The molecule has 2 aromatic carbocycles. The summed E-state index contributed by atoms with van der Waals surface area (Å²) in [6.07, 6.45) is 1.59. The molecule has 1 N–H and O–H groups in total. The summed E-state index contributed by atoms with van der Waals surface area (Å²) in [5, 5.41) is 12.4. The van der Waals surface area contributed by atoms with Crippen LogP contribution in [0.4, 0.5) is 0 Å². The molecular formula is C23H22N4O2S. The summed E-state index contributed by atoms with van der Waals surface area (Å²) in [5.41, 5.74) is 3.32. The second-order valence-electron chi connectivity index (χ2n) is 6.89. The van der Waals surface area contributed by atoms with Gasteiger partial charge in [-0.25, -0.2) is 0 Å². The first-order valence-corrected chi connectivity index (χ1v) is 10.6. The van der Waals surface area contributed by atoms with E-state index in [4.69, 9.17) is 4.42 Å². The van der Waals surface area contributed by atoms with Crippen LogP contribution in [0.1, 0.15) is 16.9 Å². The molecule has 0 unspecified atom stereocenters. The molecule has 0 atom stereocenters. The second-order valence-corrected chi connectivity index (χ2v) is 7.83. The molecule has 1 amide bonds. The standard InChI is InChI=1S/C23H22N4O2S/c1-17-7-5-10-19(13-17)22-25-26-23(27(22)15-18-8-3-2-4-9-18)30-16-21(28)24-14-20-11-6-12-29-20/h2-13H,14-16H2,1H3,(H,24,28). The summed E-state index contributed by atoms with van der Waals surface area (Å²) in [4.78, 5) is 12.3. The molecule has 152 valence electrons. The van der Waals surface area contributed by atoms with E-state index >= 15 is 0 Å². The van der Waals surface area contributed by atoms with Crippen molar-refractivity contribution >= 4 is 17.7 Å². The Balaban J connectivity index is 1.52. The number of hydrogen-bond donors (Lipinski definition) is 1. The van der Waals surface area contributed by atoms with Gasteiger partial charge < -0.3 is 9.73 Å². The zero-order valence-electron chi connectivity index (χ0n) is 16.6. The first-order chi connectivity index (χ1) is 14.7. The number of aryl methyl sites for hydroxylation is 1. The maximum Gasteiger partial charge on any atom is 0.230 e. The fraction of sp³-hybridized carbons (Fsp3) is 0.174. The van der Waals surface area contributed by atoms with E-state index in [0.717, 1.165) is 28.3 Å². The van der Waals surface area contributed by atoms with Crippen LogP contribution in [-0.2, 0) is 17.9 Å². The van der Waals surface area contributed by atoms with Crippen molar-refractivity contribution in [3.05, 3.63) is 89.9 Å². The van der Waals surface area contributed by atoms with Crippen molar-refractivity contribution in [3.63, 3.8) is 0 Å². The van der Waals surface area contributed by atoms with E-state index < -0.39 is 0 Å². The predicted octanol–water partition coefficient (Wildman–Crippen LogP) is 4.30. The number of rotatable bonds is 8. The summed E-state index contributed by atoms with van der Waals surface area (Å²) in [6, 6.07) is 22.0. The predicted molar refractivity (Wildman–Crippen MR) is 117 cm³/mol. The Morgan fingerprint density at radius 2 is 1.93 bits per heavy atom. The third-order valence-electron chi connectivity index (χ3n) is 4.55. The molecule has 0 fully saturated rings. The molecule has 2 aromatic heterocycles. The van der Waals surface area contributed by atoms with Gasteiger partial charge in [0.1, 0.15) is 5.76 Å². The number of aromatic nitrogens is 3. The van der Waals surface area contributed by atoms with Crippen LogP contribution in [0.2, 0.25) is 0 Å². The summed E-state index contributed by atoms with van der Waals surface area (Å²) in [6.45, 7) is 3.06. The van der Waals surface area contributed by atoms with E-state index in [1.807, 2.05) is 36.4 Å². The molecule has 4 aromatic rings. The minimum Gasteiger partial charge on any atom is -0.467 e. The van der Waals surface area contributed by atoms with Gasteiger partial charge in [0.2, 0.25) is 5.91 Å². The fourth-order valence-electron chi connectivity index (χ4n) is 3.08. The number of nitrogens with zero attached hydrogens (tertiary/aromatic N) is 3. The van der Waals surface area contributed by atoms with Gasteiger partial charge in [0.05, 0.1) is 25.1 Å². The number of carbonyl (C=O) groups excluding carboxylic acids is 1. The molecule has 0 saturated carbocycles. The SMILES string of the molecule is Cc1cccc(-c2nnc(SCC(=O)NCc3ccco3)n2Cc2ccccc2)c1. The molecule has 0 radical (unpaired) electrons. The minimum atomic E-state index is -0.0808. The second kappa shape index (κ2) is 9.45. The van der Waals surface area contributed by atoms with Crippen molar-refractivity contribution in [1.82, 2.24) is 20.1 Å². The average molecular weight is 419 g/mol. The van der Waals surface area contributed by atoms with Crippen LogP contribution in [0.15, 0.2) is 82.6 Å². The Bertz CT molecular complexity index is 1110. The van der Waals surface area contributed by atoms with E-state index in [2.05, 4.69) is 51.3 Å². The topological polar surface area (TPSA) is 73.0 Å². The van der Waals surface area contributed by atoms with Crippen molar-refractivity contribution in [1.29, 1.82) is 0 Å². The highest BCUT2D eigenvalue weighted by Gasteiger charge is 2.16. The maximum absolute atomic E-state index is 12.3. The van der Waals surface area contributed by atoms with Crippen LogP contribution in [-0.4, -0.2) is 26.4 Å². The minimum absolute atomic E-state index is 0.0808. The number of carbonyl (C=O) groups is 1. The largest absolute Gasteiger partial charge is 0.467 e. The molecule has 0 aliphatic heterocycles. The third kappa shape index (κ3) is 4.99. The van der Waals surface area contributed by atoms with Crippen molar-refractivity contribution in [2.24, 2.45) is 0 Å². The first kappa shape index (κ1) is 20.0. The summed E-state index contributed by atoms with van der Waals surface area (Å²) >= 11 is 1.38. The Morgan fingerprint density at radius 3 is 2.70 bits per heavy atom. The monoisotopic (exact) mass is 418 g/mol. The first-order valence-electron chi connectivity index (χ1n) is 9.65. The number of benzene rings is 2. The highest BCUT2D eigenvalue weighted by Crippen LogP contribution is 2.25. The van der Waals surface area contributed by atoms with Crippen molar-refractivity contribution in [2.75, 3.05) is 5.75 Å². The van der Waals surface area contributed by atoms with E-state index in [-0.39, 0.29) is 11.7 Å². The molecule has 0 bridgehead atoms. The van der Waals surface area contributed by atoms with Crippen molar-refractivity contribution < 1.29 is 9.21 Å². The Morgan fingerprint density at radius 1 is 1.07 bits per heavy atom. The van der Waals surface area contributed by atoms with Crippen LogP contribution in [0.5, 0.6) is 0 Å². The number of nitrogens with one attached hydrogen (secondary N) is 1. The molecule has 4 rings (SSSR count). The van der Waals surface area contributed by atoms with Gasteiger partial charge in [-0.05, 0) is 30.7 Å². The highest BCUT2D eigenvalue weighted by atomic mass is 32.2. The fourth-order valence-corrected chi connectivity index (χ4v) is 3.85. The number of furan rings is 1. The third-order valence-corrected chi connectivity index (χ3v) is 5.52. The number of thioether (sulfide) groups is 1. The quantitative estimate of drug-likeness (QED) is 0.432. The summed E-state index contributed by atoms with van der Waals surface area (Å²) < 4.78 is 7.31. The molecule has 7 heteroatoms. The maximum atomic E-state index is 12.3. The molecule has 0 aliphatic rings. The van der Waals surface area contributed by atoms with E-state index in [1.54, 1.807) is 12.3 Å². The molecule has 0 aliphatic carbocycles. The van der Waals surface area contributed by atoms with Gasteiger partial charge in [-0.3, -0.25) is 9.36 Å². The lowest BCUT2D eigenvalue weighted by Crippen LogP contribution is -2.24. The molecule has 0 saturated heterocycles. The molecule has 0 spiro atoms. The molecule has 2 heterocycles. The van der Waals surface area contributed by atoms with Crippen LogP contribution >= 0.6 is 11.8 Å². The summed E-state index contributed by atoms with van der Waals surface area (Å²) in [7, 11) is 0. The Hall–Kier alpha value is -3.32. The van der Waals surface area contributed by atoms with Crippen LogP contribution in [0.3, 0.4) is 0 Å². The smallest absolute Gasteiger partial charge is 0.230 e. The zero-order valence-corrected chi connectivity index (χ0v) is 17.4. The van der Waals surface area contributed by atoms with Crippen molar-refractivity contribution in [3.8, 4) is 11.4 Å².